The lowest BCUT2D eigenvalue weighted by atomic mass is 10.1. The van der Waals surface area contributed by atoms with Gasteiger partial charge in [0.1, 0.15) is 22.8 Å². The van der Waals surface area contributed by atoms with E-state index in [1.807, 2.05) is 80.6 Å². The number of hydrogen-bond donors (Lipinski definition) is 3. The van der Waals surface area contributed by atoms with E-state index in [0.717, 1.165) is 11.1 Å². The zero-order valence-corrected chi connectivity index (χ0v) is 21.4. The number of H-pyrrole nitrogens is 1. The summed E-state index contributed by atoms with van der Waals surface area (Å²) in [5.74, 6) is 0.860. The topological polar surface area (TPSA) is 136 Å². The lowest BCUT2D eigenvalue weighted by molar-refractivity contribution is 0.100. The molecule has 0 aliphatic rings. The Morgan fingerprint density at radius 2 is 1.77 bits per heavy atom. The molecule has 0 unspecified atom stereocenters. The zero-order valence-electron chi connectivity index (χ0n) is 21.4. The first-order valence-electron chi connectivity index (χ1n) is 12.6. The summed E-state index contributed by atoms with van der Waals surface area (Å²) in [5.41, 5.74) is 9.35. The molecule has 0 radical (unpaired) electrons. The van der Waals surface area contributed by atoms with E-state index in [9.17, 15) is 9.59 Å². The number of para-hydroxylation sites is 1. The predicted molar refractivity (Wildman–Crippen MR) is 149 cm³/mol. The summed E-state index contributed by atoms with van der Waals surface area (Å²) in [6, 6.07) is 20.6. The molecule has 0 aliphatic heterocycles. The molecule has 0 aliphatic carbocycles. The van der Waals surface area contributed by atoms with Crippen molar-refractivity contribution >= 4 is 28.3 Å². The van der Waals surface area contributed by atoms with Crippen molar-refractivity contribution in [2.75, 3.05) is 5.32 Å². The highest BCUT2D eigenvalue weighted by molar-refractivity contribution is 6.09. The number of nitrogens with zero attached hydrogens (tertiary/aromatic N) is 5. The monoisotopic (exact) mass is 518 g/mol. The molecule has 39 heavy (non-hydrogen) atoms. The Labute approximate surface area is 223 Å². The van der Waals surface area contributed by atoms with Crippen LogP contribution in [0.5, 0.6) is 0 Å². The number of primary amides is 1. The van der Waals surface area contributed by atoms with E-state index in [1.165, 1.54) is 6.20 Å². The smallest absolute Gasteiger partial charge is 0.282 e. The van der Waals surface area contributed by atoms with Crippen LogP contribution in [0.1, 0.15) is 46.1 Å². The Kier molecular flexibility index (Phi) is 5.91. The quantitative estimate of drug-likeness (QED) is 0.293. The molecule has 4 aromatic heterocycles. The Morgan fingerprint density at radius 3 is 2.49 bits per heavy atom. The van der Waals surface area contributed by atoms with Gasteiger partial charge < -0.3 is 16.0 Å². The summed E-state index contributed by atoms with van der Waals surface area (Å²) >= 11 is 0. The standard InChI is InChI=1S/C29H26N8O2/c1-17-13-14-36-24(17)29(39)37(20-11-7-4-8-12-20)28(35-36)18(2)32-27-23-21(25(30)38)16-31-26(23)33-22(34-27)15-19-9-5-3-6-10-19/h3-14,16,18H,15H2,1-2H3,(H2,30,38)(H2,31,32,33,34)/t18-/m0/s1. The Balaban J connectivity index is 1.50. The van der Waals surface area contributed by atoms with Crippen LogP contribution in [0.3, 0.4) is 0 Å². The van der Waals surface area contributed by atoms with Gasteiger partial charge >= 0.3 is 0 Å². The number of aromatic amines is 1. The molecular weight excluding hydrogens is 492 g/mol. The van der Waals surface area contributed by atoms with Crippen LogP contribution in [0.4, 0.5) is 5.82 Å². The number of amides is 1. The molecule has 0 saturated heterocycles. The highest BCUT2D eigenvalue weighted by Crippen LogP contribution is 2.28. The number of rotatable bonds is 7. The largest absolute Gasteiger partial charge is 0.366 e. The molecule has 0 bridgehead atoms. The summed E-state index contributed by atoms with van der Waals surface area (Å²) in [4.78, 5) is 38.5. The van der Waals surface area contributed by atoms with Gasteiger partial charge in [-0.3, -0.25) is 14.2 Å². The van der Waals surface area contributed by atoms with E-state index in [2.05, 4.69) is 15.3 Å². The van der Waals surface area contributed by atoms with Crippen molar-refractivity contribution < 1.29 is 4.79 Å². The SMILES string of the molecule is Cc1ccn2nc([C@H](C)Nc3nc(Cc4ccccc4)nc4[nH]cc(C(N)=O)c34)n(-c3ccccc3)c(=O)c12. The van der Waals surface area contributed by atoms with Crippen molar-refractivity contribution in [1.82, 2.24) is 29.1 Å². The fraction of sp³-hybridized carbons (Fsp3) is 0.138. The summed E-state index contributed by atoms with van der Waals surface area (Å²) in [5, 5.41) is 8.71. The minimum atomic E-state index is -0.597. The number of carbonyl (C=O) groups is 1. The fourth-order valence-electron chi connectivity index (χ4n) is 4.84. The lowest BCUT2D eigenvalue weighted by Gasteiger charge is -2.20. The van der Waals surface area contributed by atoms with Crippen molar-refractivity contribution in [3.8, 4) is 5.69 Å². The molecule has 6 rings (SSSR count). The van der Waals surface area contributed by atoms with Gasteiger partial charge in [0.05, 0.1) is 22.7 Å². The van der Waals surface area contributed by atoms with Crippen molar-refractivity contribution in [3.63, 3.8) is 0 Å². The van der Waals surface area contributed by atoms with E-state index in [1.54, 1.807) is 15.3 Å². The second-order valence-electron chi connectivity index (χ2n) is 9.43. The average molecular weight is 519 g/mol. The van der Waals surface area contributed by atoms with Crippen molar-refractivity contribution in [1.29, 1.82) is 0 Å². The number of aromatic nitrogens is 6. The van der Waals surface area contributed by atoms with Crippen molar-refractivity contribution in [2.45, 2.75) is 26.3 Å². The molecule has 4 heterocycles. The van der Waals surface area contributed by atoms with Crippen LogP contribution in [0.25, 0.3) is 22.2 Å². The van der Waals surface area contributed by atoms with Crippen LogP contribution in [0.15, 0.2) is 83.9 Å². The first-order valence-corrected chi connectivity index (χ1v) is 12.6. The van der Waals surface area contributed by atoms with E-state index in [0.29, 0.717) is 46.1 Å². The first kappa shape index (κ1) is 24.1. The molecule has 0 spiro atoms. The molecule has 6 aromatic rings. The van der Waals surface area contributed by atoms with Crippen LogP contribution in [0.2, 0.25) is 0 Å². The molecule has 4 N–H and O–H groups in total. The van der Waals surface area contributed by atoms with Crippen molar-refractivity contribution in [2.24, 2.45) is 5.73 Å². The third-order valence-electron chi connectivity index (χ3n) is 6.72. The van der Waals surface area contributed by atoms with Crippen LogP contribution >= 0.6 is 0 Å². The Bertz CT molecular complexity index is 1890. The van der Waals surface area contributed by atoms with Gasteiger partial charge in [0.2, 0.25) is 0 Å². The fourth-order valence-corrected chi connectivity index (χ4v) is 4.84. The average Bonchev–Trinajstić information content (AvgIpc) is 3.53. The number of benzene rings is 2. The molecule has 1 atom stereocenters. The minimum Gasteiger partial charge on any atom is -0.366 e. The van der Waals surface area contributed by atoms with E-state index in [-0.39, 0.29) is 11.1 Å². The van der Waals surface area contributed by atoms with Gasteiger partial charge in [-0.2, -0.15) is 5.10 Å². The number of nitrogens with two attached hydrogens (primary N) is 1. The molecule has 1 amide bonds. The second kappa shape index (κ2) is 9.56. The first-order chi connectivity index (χ1) is 18.9. The third-order valence-corrected chi connectivity index (χ3v) is 6.72. The van der Waals surface area contributed by atoms with Gasteiger partial charge in [0.25, 0.3) is 11.5 Å². The maximum absolute atomic E-state index is 13.7. The van der Waals surface area contributed by atoms with Gasteiger partial charge in [-0.15, -0.1) is 0 Å². The molecule has 2 aromatic carbocycles. The zero-order chi connectivity index (χ0) is 27.1. The number of carbonyl (C=O) groups excluding carboxylic acids is 1. The molecule has 0 saturated carbocycles. The van der Waals surface area contributed by atoms with Gasteiger partial charge in [-0.1, -0.05) is 48.5 Å². The van der Waals surface area contributed by atoms with E-state index < -0.39 is 11.9 Å². The number of anilines is 1. The Morgan fingerprint density at radius 1 is 1.05 bits per heavy atom. The molecular formula is C29H26N8O2. The lowest BCUT2D eigenvalue weighted by Crippen LogP contribution is -2.29. The summed E-state index contributed by atoms with van der Waals surface area (Å²) in [6.07, 6.45) is 3.80. The Hall–Kier alpha value is -5.25. The highest BCUT2D eigenvalue weighted by Gasteiger charge is 2.23. The molecule has 10 nitrogen and oxygen atoms in total. The summed E-state index contributed by atoms with van der Waals surface area (Å²) in [6.45, 7) is 3.78. The van der Waals surface area contributed by atoms with Crippen LogP contribution in [-0.2, 0) is 6.42 Å². The van der Waals surface area contributed by atoms with Crippen LogP contribution in [0, 0.1) is 6.92 Å². The summed E-state index contributed by atoms with van der Waals surface area (Å²) in [7, 11) is 0. The molecule has 194 valence electrons. The van der Waals surface area contributed by atoms with Gasteiger partial charge in [-0.25, -0.2) is 14.5 Å². The van der Waals surface area contributed by atoms with Crippen molar-refractivity contribution in [3.05, 3.63) is 118 Å². The van der Waals surface area contributed by atoms with Crippen LogP contribution < -0.4 is 16.6 Å². The maximum atomic E-state index is 13.7. The number of fused-ring (bicyclic) bond motifs is 2. The van der Waals surface area contributed by atoms with Gasteiger partial charge in [-0.05, 0) is 43.2 Å². The molecule has 10 heteroatoms. The number of nitrogens with one attached hydrogen (secondary N) is 2. The summed E-state index contributed by atoms with van der Waals surface area (Å²) < 4.78 is 3.21. The normalized spacial score (nSPS) is 12.2. The van der Waals surface area contributed by atoms with Crippen LogP contribution in [-0.4, -0.2) is 35.0 Å². The van der Waals surface area contributed by atoms with E-state index in [4.69, 9.17) is 15.8 Å². The second-order valence-corrected chi connectivity index (χ2v) is 9.43. The highest BCUT2D eigenvalue weighted by atomic mass is 16.1. The van der Waals surface area contributed by atoms with Gasteiger partial charge in [0, 0.05) is 18.8 Å². The minimum absolute atomic E-state index is 0.181. The number of hydrogen-bond acceptors (Lipinski definition) is 6. The van der Waals surface area contributed by atoms with E-state index >= 15 is 0 Å². The third kappa shape index (κ3) is 4.31. The van der Waals surface area contributed by atoms with Gasteiger partial charge in [0.15, 0.2) is 5.82 Å². The predicted octanol–water partition coefficient (Wildman–Crippen LogP) is 3.93. The maximum Gasteiger partial charge on any atom is 0.282 e. The number of aryl methyl sites for hydroxylation is 1. The molecule has 0 fully saturated rings.